The van der Waals surface area contributed by atoms with Gasteiger partial charge in [0.15, 0.2) is 6.10 Å². The summed E-state index contributed by atoms with van der Waals surface area (Å²) in [6, 6.07) is 0. The molecule has 1 fully saturated rings. The first-order valence-corrected chi connectivity index (χ1v) is 23.5. The second-order valence-corrected chi connectivity index (χ2v) is 17.1. The van der Waals surface area contributed by atoms with Crippen molar-refractivity contribution in [3.63, 3.8) is 0 Å². The van der Waals surface area contributed by atoms with Gasteiger partial charge < -0.3 is 32.6 Å². The third-order valence-corrected chi connectivity index (χ3v) is 9.95. The number of allylic oxidation sites excluding steroid dienone is 14. The van der Waals surface area contributed by atoms with E-state index < -0.39 is 32.5 Å². The molecule has 0 aliphatic carbocycles. The zero-order chi connectivity index (χ0) is 43.3. The quantitative estimate of drug-likeness (QED) is 0.0150. The number of quaternary nitrogens is 1. The number of likely N-dealkylation sites (N-methyl/N-ethyl adjacent to an activating group) is 1. The molecule has 0 aromatic heterocycles. The second-order valence-electron chi connectivity index (χ2n) is 15.7. The van der Waals surface area contributed by atoms with Gasteiger partial charge in [-0.1, -0.05) is 124 Å². The van der Waals surface area contributed by atoms with E-state index in [9.17, 15) is 19.0 Å². The molecule has 0 amide bonds. The van der Waals surface area contributed by atoms with E-state index in [0.717, 1.165) is 57.8 Å². The average Bonchev–Trinajstić information content (AvgIpc) is 3.94. The number of hydrogen-bond donors (Lipinski definition) is 0. The number of phosphoric ester groups is 1. The Morgan fingerprint density at radius 3 is 1.64 bits per heavy atom. The Kier molecular flexibility index (Phi) is 32.6. The largest absolute Gasteiger partial charge is 0.756 e. The van der Waals surface area contributed by atoms with Gasteiger partial charge in [0.1, 0.15) is 19.8 Å². The summed E-state index contributed by atoms with van der Waals surface area (Å²) in [4.78, 5) is 37.5. The molecule has 10 nitrogen and oxygen atoms in total. The summed E-state index contributed by atoms with van der Waals surface area (Å²) in [7, 11) is 1.07. The summed E-state index contributed by atoms with van der Waals surface area (Å²) in [6.07, 6.45) is 49.1. The zero-order valence-corrected chi connectivity index (χ0v) is 38.0. The number of epoxide rings is 1. The maximum atomic E-state index is 12.7. The molecular weight excluding hydrogens is 766 g/mol. The van der Waals surface area contributed by atoms with E-state index in [0.29, 0.717) is 48.9 Å². The number of phosphoric acid groups is 1. The first kappa shape index (κ1) is 53.9. The Morgan fingerprint density at radius 2 is 1.10 bits per heavy atom. The lowest BCUT2D eigenvalue weighted by Crippen LogP contribution is -2.37. The molecule has 0 spiro atoms. The van der Waals surface area contributed by atoms with Crippen molar-refractivity contribution in [1.29, 1.82) is 0 Å². The van der Waals surface area contributed by atoms with Gasteiger partial charge in [0.2, 0.25) is 0 Å². The fourth-order valence-corrected chi connectivity index (χ4v) is 6.16. The van der Waals surface area contributed by atoms with Crippen LogP contribution in [0.15, 0.2) is 97.2 Å². The van der Waals surface area contributed by atoms with E-state index in [1.54, 1.807) is 0 Å². The van der Waals surface area contributed by atoms with Crippen LogP contribution >= 0.6 is 7.82 Å². The fourth-order valence-electron chi connectivity index (χ4n) is 5.43. The van der Waals surface area contributed by atoms with Crippen molar-refractivity contribution >= 4 is 19.8 Å². The predicted octanol–water partition coefficient (Wildman–Crippen LogP) is 10.9. The van der Waals surface area contributed by atoms with Crippen LogP contribution in [0.5, 0.6) is 0 Å². The van der Waals surface area contributed by atoms with Crippen LogP contribution in [0, 0.1) is 0 Å². The van der Waals surface area contributed by atoms with Crippen LogP contribution in [-0.4, -0.2) is 82.2 Å². The Hall–Kier alpha value is -3.11. The SMILES string of the molecule is CC/C=C\C/C=C\C/C=C\C/C=C\C/C=C\CCCC(=O)O[C@H](COC(=O)CCC/C=C\C/C=C\CC1OC1C/C=C\CCCCC)COP(=O)([O-])OCC[N+](C)(C)C. The van der Waals surface area contributed by atoms with Gasteiger partial charge in [0, 0.05) is 12.8 Å². The number of carbonyl (C=O) groups excluding carboxylic acids is 2. The van der Waals surface area contributed by atoms with E-state index in [2.05, 4.69) is 98.9 Å². The summed E-state index contributed by atoms with van der Waals surface area (Å²) in [5.74, 6) is -0.986. The molecule has 0 N–H and O–H groups in total. The molecule has 59 heavy (non-hydrogen) atoms. The molecule has 1 aliphatic rings. The number of ether oxygens (including phenoxy) is 3. The molecule has 1 heterocycles. The minimum Gasteiger partial charge on any atom is -0.756 e. The standard InChI is InChI=1S/C48H78NO9P/c1-6-8-10-12-14-15-16-17-18-19-20-21-22-23-26-31-35-39-48(51)57-44(43-56-59(52,53)55-41-40-49(3,4)5)42-54-47(50)38-34-30-27-24-25-29-33-37-46-45(58-46)36-32-28-13-11-9-7-2/h8,10,14-15,17-18,20-21,23-24,26-29,32-33,44-46H,6-7,9,11-13,16,19,22,25,30-31,34-43H2,1-5H3/b10-8-,15-14-,18-17-,21-20-,26-23-,27-24-,32-28-,33-29-/t44-,45?,46?/m1/s1. The summed E-state index contributed by atoms with van der Waals surface area (Å²) >= 11 is 0. The van der Waals surface area contributed by atoms with E-state index in [1.165, 1.54) is 19.3 Å². The molecule has 4 atom stereocenters. The van der Waals surface area contributed by atoms with Crippen molar-refractivity contribution in [2.75, 3.05) is 47.5 Å². The molecule has 1 saturated heterocycles. The van der Waals surface area contributed by atoms with Crippen LogP contribution in [0.25, 0.3) is 0 Å². The lowest BCUT2D eigenvalue weighted by Gasteiger charge is -2.28. The van der Waals surface area contributed by atoms with Gasteiger partial charge in [0.25, 0.3) is 7.82 Å². The highest BCUT2D eigenvalue weighted by Crippen LogP contribution is 2.38. The third kappa shape index (κ3) is 36.5. The molecule has 0 aromatic carbocycles. The van der Waals surface area contributed by atoms with Gasteiger partial charge in [0.05, 0.1) is 40.0 Å². The molecule has 0 saturated carbocycles. The van der Waals surface area contributed by atoms with Crippen LogP contribution in [0.2, 0.25) is 0 Å². The number of nitrogens with zero attached hydrogens (tertiary/aromatic N) is 1. The van der Waals surface area contributed by atoms with Crippen LogP contribution in [0.1, 0.15) is 129 Å². The fraction of sp³-hybridized carbons (Fsp3) is 0.625. The second kappa shape index (κ2) is 35.6. The van der Waals surface area contributed by atoms with E-state index >= 15 is 0 Å². The van der Waals surface area contributed by atoms with Crippen molar-refractivity contribution in [3.05, 3.63) is 97.2 Å². The van der Waals surface area contributed by atoms with Gasteiger partial charge in [-0.05, 0) is 89.9 Å². The molecule has 334 valence electrons. The molecule has 3 unspecified atom stereocenters. The smallest absolute Gasteiger partial charge is 0.306 e. The average molecular weight is 844 g/mol. The molecule has 1 rings (SSSR count). The Bertz CT molecular complexity index is 1390. The van der Waals surface area contributed by atoms with Gasteiger partial charge >= 0.3 is 11.9 Å². The summed E-state index contributed by atoms with van der Waals surface area (Å²) in [6.45, 7) is 3.91. The highest BCUT2D eigenvalue weighted by Gasteiger charge is 2.36. The Morgan fingerprint density at radius 1 is 0.627 bits per heavy atom. The lowest BCUT2D eigenvalue weighted by molar-refractivity contribution is -0.870. The number of hydrogen-bond acceptors (Lipinski definition) is 9. The monoisotopic (exact) mass is 844 g/mol. The van der Waals surface area contributed by atoms with E-state index in [4.69, 9.17) is 23.3 Å². The number of carbonyl (C=O) groups is 2. The number of unbranched alkanes of at least 4 members (excludes halogenated alkanes) is 5. The molecule has 0 bridgehead atoms. The van der Waals surface area contributed by atoms with Crippen LogP contribution < -0.4 is 4.89 Å². The molecule has 0 radical (unpaired) electrons. The third-order valence-electron chi connectivity index (χ3n) is 8.99. The van der Waals surface area contributed by atoms with Gasteiger partial charge in [-0.25, -0.2) is 0 Å². The van der Waals surface area contributed by atoms with Crippen molar-refractivity contribution in [2.45, 2.75) is 148 Å². The van der Waals surface area contributed by atoms with Crippen molar-refractivity contribution in [1.82, 2.24) is 0 Å². The highest BCUT2D eigenvalue weighted by molar-refractivity contribution is 7.45. The molecular formula is C48H78NO9P. The van der Waals surface area contributed by atoms with Gasteiger partial charge in [-0.15, -0.1) is 0 Å². The minimum absolute atomic E-state index is 0.0581. The van der Waals surface area contributed by atoms with Crippen molar-refractivity contribution < 1.29 is 46.8 Å². The summed E-state index contributed by atoms with van der Waals surface area (Å²) in [5.41, 5.74) is 0. The van der Waals surface area contributed by atoms with E-state index in [-0.39, 0.29) is 26.1 Å². The lowest BCUT2D eigenvalue weighted by atomic mass is 10.1. The van der Waals surface area contributed by atoms with Crippen molar-refractivity contribution in [3.8, 4) is 0 Å². The van der Waals surface area contributed by atoms with Crippen LogP contribution in [0.4, 0.5) is 0 Å². The molecule has 11 heteroatoms. The zero-order valence-electron chi connectivity index (χ0n) is 37.1. The maximum absolute atomic E-state index is 12.7. The Labute approximate surface area is 358 Å². The van der Waals surface area contributed by atoms with Crippen molar-refractivity contribution in [2.24, 2.45) is 0 Å². The topological polar surface area (TPSA) is 124 Å². The van der Waals surface area contributed by atoms with E-state index in [1.807, 2.05) is 33.3 Å². The van der Waals surface area contributed by atoms with Gasteiger partial charge in [-0.2, -0.15) is 0 Å². The van der Waals surface area contributed by atoms with Gasteiger partial charge in [-0.3, -0.25) is 14.2 Å². The minimum atomic E-state index is -4.66. The first-order valence-electron chi connectivity index (χ1n) is 22.1. The normalized spacial score (nSPS) is 17.9. The summed E-state index contributed by atoms with van der Waals surface area (Å²) in [5, 5.41) is 0. The highest BCUT2D eigenvalue weighted by atomic mass is 31.2. The molecule has 0 aromatic rings. The molecule has 1 aliphatic heterocycles. The summed E-state index contributed by atoms with van der Waals surface area (Å²) < 4.78 is 39.5. The van der Waals surface area contributed by atoms with Crippen LogP contribution in [-0.2, 0) is 37.4 Å². The predicted molar refractivity (Wildman–Crippen MR) is 239 cm³/mol. The maximum Gasteiger partial charge on any atom is 0.306 e. The number of rotatable bonds is 37. The number of esters is 2. The Balaban J connectivity index is 2.38. The van der Waals surface area contributed by atoms with Crippen LogP contribution in [0.3, 0.4) is 0 Å². The first-order chi connectivity index (χ1) is 28.5.